The molecule has 7 heteroatoms. The second kappa shape index (κ2) is 10.7. The number of morpholine rings is 1. The molecule has 2 heterocycles. The third kappa shape index (κ3) is 6.26. The summed E-state index contributed by atoms with van der Waals surface area (Å²) in [5.41, 5.74) is 1.23. The average Bonchev–Trinajstić information content (AvgIpc) is 2.78. The lowest BCUT2D eigenvalue weighted by molar-refractivity contribution is -0.136. The van der Waals surface area contributed by atoms with Crippen molar-refractivity contribution in [1.29, 1.82) is 0 Å². The first-order valence-corrected chi connectivity index (χ1v) is 10.7. The van der Waals surface area contributed by atoms with Crippen molar-refractivity contribution in [3.05, 3.63) is 35.9 Å². The van der Waals surface area contributed by atoms with Crippen LogP contribution in [0.5, 0.6) is 0 Å². The first kappa shape index (κ1) is 21.7. The van der Waals surface area contributed by atoms with E-state index in [1.807, 2.05) is 30.0 Å². The van der Waals surface area contributed by atoms with Gasteiger partial charge in [-0.2, -0.15) is 0 Å². The van der Waals surface area contributed by atoms with Crippen LogP contribution in [0, 0.1) is 0 Å². The van der Waals surface area contributed by atoms with Crippen LogP contribution in [0.1, 0.15) is 25.3 Å². The zero-order valence-electron chi connectivity index (χ0n) is 17.7. The van der Waals surface area contributed by atoms with E-state index in [0.717, 1.165) is 26.2 Å². The fraction of sp³-hybridized carbons (Fsp3) is 0.636. The highest BCUT2D eigenvalue weighted by atomic mass is 16.5. The van der Waals surface area contributed by atoms with Gasteiger partial charge in [-0.15, -0.1) is 0 Å². The lowest BCUT2D eigenvalue weighted by Crippen LogP contribution is -2.56. The second-order valence-electron chi connectivity index (χ2n) is 8.04. The van der Waals surface area contributed by atoms with E-state index in [-0.39, 0.29) is 23.8 Å². The van der Waals surface area contributed by atoms with Gasteiger partial charge in [-0.25, -0.2) is 0 Å². The smallest absolute Gasteiger partial charge is 0.237 e. The molecule has 2 aliphatic rings. The molecule has 0 aliphatic carbocycles. The van der Waals surface area contributed by atoms with Crippen LogP contribution in [-0.4, -0.2) is 98.1 Å². The van der Waals surface area contributed by atoms with E-state index >= 15 is 0 Å². The Morgan fingerprint density at radius 2 is 1.66 bits per heavy atom. The lowest BCUT2D eigenvalue weighted by Gasteiger charge is -2.38. The van der Waals surface area contributed by atoms with Crippen molar-refractivity contribution >= 4 is 11.8 Å². The third-order valence-electron chi connectivity index (χ3n) is 6.01. The molecule has 1 N–H and O–H groups in total. The molecule has 1 aromatic rings. The van der Waals surface area contributed by atoms with Crippen LogP contribution in [0.25, 0.3) is 0 Å². The number of carbonyl (C=O) groups is 2. The largest absolute Gasteiger partial charge is 0.379 e. The standard InChI is InChI=1S/C22H34N4O3/c1-18(20-6-4-3-5-7-20)16-23-22(28)19(2)25-8-10-26(11-9-25)21(27)17-24-12-14-29-15-13-24/h3-7,18-19H,8-17H2,1-2H3,(H,23,28). The van der Waals surface area contributed by atoms with E-state index in [2.05, 4.69) is 34.2 Å². The van der Waals surface area contributed by atoms with Crippen LogP contribution < -0.4 is 5.32 Å². The molecule has 2 saturated heterocycles. The molecule has 2 unspecified atom stereocenters. The summed E-state index contributed by atoms with van der Waals surface area (Å²) in [6.45, 7) is 11.1. The molecule has 0 spiro atoms. The van der Waals surface area contributed by atoms with Crippen LogP contribution in [0.15, 0.2) is 30.3 Å². The Labute approximate surface area is 174 Å². The first-order chi connectivity index (χ1) is 14.0. The van der Waals surface area contributed by atoms with E-state index in [4.69, 9.17) is 4.74 Å². The minimum absolute atomic E-state index is 0.0564. The Morgan fingerprint density at radius 3 is 2.31 bits per heavy atom. The summed E-state index contributed by atoms with van der Waals surface area (Å²) in [6, 6.07) is 10.0. The van der Waals surface area contributed by atoms with Gasteiger partial charge in [-0.05, 0) is 18.4 Å². The van der Waals surface area contributed by atoms with Crippen molar-refractivity contribution in [2.45, 2.75) is 25.8 Å². The van der Waals surface area contributed by atoms with Gasteiger partial charge in [0.25, 0.3) is 0 Å². The normalized spacial score (nSPS) is 20.8. The van der Waals surface area contributed by atoms with Gasteiger partial charge in [-0.1, -0.05) is 37.3 Å². The zero-order chi connectivity index (χ0) is 20.6. The topological polar surface area (TPSA) is 65.1 Å². The molecule has 2 fully saturated rings. The molecule has 0 aromatic heterocycles. The first-order valence-electron chi connectivity index (χ1n) is 10.7. The van der Waals surface area contributed by atoms with Crippen LogP contribution in [0.4, 0.5) is 0 Å². The molecular formula is C22H34N4O3. The van der Waals surface area contributed by atoms with Crippen LogP contribution in [-0.2, 0) is 14.3 Å². The van der Waals surface area contributed by atoms with Gasteiger partial charge in [0, 0.05) is 45.8 Å². The lowest BCUT2D eigenvalue weighted by atomic mass is 10.0. The Kier molecular flexibility index (Phi) is 8.03. The highest BCUT2D eigenvalue weighted by Gasteiger charge is 2.28. The number of rotatable bonds is 7. The molecule has 7 nitrogen and oxygen atoms in total. The molecule has 0 bridgehead atoms. The summed E-state index contributed by atoms with van der Waals surface area (Å²) in [4.78, 5) is 31.4. The number of amides is 2. The van der Waals surface area contributed by atoms with Crippen molar-refractivity contribution in [3.8, 4) is 0 Å². The van der Waals surface area contributed by atoms with Gasteiger partial charge in [0.1, 0.15) is 0 Å². The molecule has 2 amide bonds. The molecule has 1 aromatic carbocycles. The van der Waals surface area contributed by atoms with E-state index in [9.17, 15) is 9.59 Å². The molecule has 160 valence electrons. The van der Waals surface area contributed by atoms with E-state index < -0.39 is 0 Å². The van der Waals surface area contributed by atoms with Gasteiger partial charge >= 0.3 is 0 Å². The number of piperazine rings is 1. The van der Waals surface area contributed by atoms with E-state index in [0.29, 0.717) is 39.4 Å². The SMILES string of the molecule is CC(CNC(=O)C(C)N1CCN(C(=O)CN2CCOCC2)CC1)c1ccccc1. The molecule has 2 atom stereocenters. The summed E-state index contributed by atoms with van der Waals surface area (Å²) in [6.07, 6.45) is 0. The third-order valence-corrected chi connectivity index (χ3v) is 6.01. The average molecular weight is 403 g/mol. The zero-order valence-corrected chi connectivity index (χ0v) is 17.7. The predicted molar refractivity (Wildman–Crippen MR) is 113 cm³/mol. The van der Waals surface area contributed by atoms with Crippen LogP contribution >= 0.6 is 0 Å². The highest BCUT2D eigenvalue weighted by Crippen LogP contribution is 2.14. The van der Waals surface area contributed by atoms with Crippen molar-refractivity contribution in [2.24, 2.45) is 0 Å². The molecule has 3 rings (SSSR count). The monoisotopic (exact) mass is 402 g/mol. The van der Waals surface area contributed by atoms with Crippen molar-refractivity contribution in [1.82, 2.24) is 20.0 Å². The predicted octanol–water partition coefficient (Wildman–Crippen LogP) is 0.771. The summed E-state index contributed by atoms with van der Waals surface area (Å²) in [7, 11) is 0. The Bertz CT molecular complexity index is 655. The van der Waals surface area contributed by atoms with Gasteiger partial charge in [-0.3, -0.25) is 19.4 Å². The van der Waals surface area contributed by atoms with Crippen molar-refractivity contribution < 1.29 is 14.3 Å². The summed E-state index contributed by atoms with van der Waals surface area (Å²) >= 11 is 0. The second-order valence-corrected chi connectivity index (χ2v) is 8.04. The minimum Gasteiger partial charge on any atom is -0.379 e. The van der Waals surface area contributed by atoms with E-state index in [1.165, 1.54) is 5.56 Å². The fourth-order valence-electron chi connectivity index (χ4n) is 3.88. The Hall–Kier alpha value is -1.96. The Balaban J connectivity index is 1.39. The Morgan fingerprint density at radius 1 is 1.00 bits per heavy atom. The fourth-order valence-corrected chi connectivity index (χ4v) is 3.88. The van der Waals surface area contributed by atoms with Crippen molar-refractivity contribution in [2.75, 3.05) is 65.6 Å². The molecule has 29 heavy (non-hydrogen) atoms. The maximum atomic E-state index is 12.6. The molecule has 0 radical (unpaired) electrons. The molecule has 0 saturated carbocycles. The van der Waals surface area contributed by atoms with Crippen LogP contribution in [0.2, 0.25) is 0 Å². The number of nitrogens with zero attached hydrogens (tertiary/aromatic N) is 3. The van der Waals surface area contributed by atoms with Gasteiger partial charge in [0.2, 0.25) is 11.8 Å². The number of hydrogen-bond donors (Lipinski definition) is 1. The van der Waals surface area contributed by atoms with Gasteiger partial charge in [0.15, 0.2) is 0 Å². The van der Waals surface area contributed by atoms with E-state index in [1.54, 1.807) is 0 Å². The summed E-state index contributed by atoms with van der Waals surface area (Å²) in [5, 5.41) is 3.09. The number of ether oxygens (including phenoxy) is 1. The maximum absolute atomic E-state index is 12.6. The number of carbonyl (C=O) groups excluding carboxylic acids is 2. The number of hydrogen-bond acceptors (Lipinski definition) is 5. The van der Waals surface area contributed by atoms with Crippen molar-refractivity contribution in [3.63, 3.8) is 0 Å². The minimum atomic E-state index is -0.186. The summed E-state index contributed by atoms with van der Waals surface area (Å²) < 4.78 is 5.34. The summed E-state index contributed by atoms with van der Waals surface area (Å²) in [5.74, 6) is 0.517. The number of nitrogens with one attached hydrogen (secondary N) is 1. The quantitative estimate of drug-likeness (QED) is 0.730. The van der Waals surface area contributed by atoms with Crippen LogP contribution in [0.3, 0.4) is 0 Å². The maximum Gasteiger partial charge on any atom is 0.237 e. The van der Waals surface area contributed by atoms with Gasteiger partial charge < -0.3 is 15.0 Å². The molecule has 2 aliphatic heterocycles. The molecular weight excluding hydrogens is 368 g/mol. The number of benzene rings is 1. The highest BCUT2D eigenvalue weighted by molar-refractivity contribution is 5.81. The van der Waals surface area contributed by atoms with Gasteiger partial charge in [0.05, 0.1) is 25.8 Å².